The van der Waals surface area contributed by atoms with Crippen LogP contribution in [-0.2, 0) is 0 Å². The van der Waals surface area contributed by atoms with Crippen molar-refractivity contribution in [3.8, 4) is 5.75 Å². The first-order valence-electron chi connectivity index (χ1n) is 6.39. The lowest BCUT2D eigenvalue weighted by atomic mass is 10.2. The Morgan fingerprint density at radius 3 is 2.14 bits per heavy atom. The number of nitrogens with one attached hydrogen (secondary N) is 2. The Bertz CT molecular complexity index is 599. The molecule has 0 aliphatic heterocycles. The summed E-state index contributed by atoms with van der Waals surface area (Å²) < 4.78 is 0.894. The number of halogens is 1. The zero-order valence-electron chi connectivity index (χ0n) is 11.4. The van der Waals surface area contributed by atoms with Crippen LogP contribution < -0.4 is 10.6 Å². The molecule has 1 aromatic heterocycles. The maximum absolute atomic E-state index is 11.8. The van der Waals surface area contributed by atoms with Gasteiger partial charge in [0.05, 0.1) is 12.4 Å². The lowest BCUT2D eigenvalue weighted by Crippen LogP contribution is -2.35. The molecule has 2 rings (SSSR count). The second-order valence-corrected chi connectivity index (χ2v) is 5.20. The van der Waals surface area contributed by atoms with E-state index in [4.69, 9.17) is 5.11 Å². The number of amides is 2. The highest BCUT2D eigenvalue weighted by Crippen LogP contribution is 2.10. The van der Waals surface area contributed by atoms with Crippen molar-refractivity contribution in [3.05, 3.63) is 52.5 Å². The van der Waals surface area contributed by atoms with Crippen LogP contribution in [-0.4, -0.2) is 40.0 Å². The van der Waals surface area contributed by atoms with Gasteiger partial charge in [0.25, 0.3) is 11.8 Å². The van der Waals surface area contributed by atoms with Crippen molar-refractivity contribution >= 4 is 27.7 Å². The fraction of sp³-hybridized carbons (Fsp3) is 0.143. The van der Waals surface area contributed by atoms with E-state index in [0.29, 0.717) is 5.56 Å². The number of hydrogen-bond acceptors (Lipinski definition) is 5. The Hall–Kier alpha value is -2.48. The number of aromatic hydroxyl groups is 1. The lowest BCUT2D eigenvalue weighted by molar-refractivity contribution is 0.0922. The first-order chi connectivity index (χ1) is 10.6. The summed E-state index contributed by atoms with van der Waals surface area (Å²) in [5.74, 6) is -0.851. The van der Waals surface area contributed by atoms with E-state index in [-0.39, 0.29) is 30.6 Å². The van der Waals surface area contributed by atoms with Gasteiger partial charge in [-0.3, -0.25) is 9.59 Å². The molecule has 0 aliphatic carbocycles. The van der Waals surface area contributed by atoms with Gasteiger partial charge in [0, 0.05) is 23.1 Å². The van der Waals surface area contributed by atoms with Crippen LogP contribution in [0.1, 0.15) is 21.0 Å². The number of aromatic nitrogens is 2. The molecule has 0 spiro atoms. The van der Waals surface area contributed by atoms with Gasteiger partial charge in [0.1, 0.15) is 0 Å². The molecule has 2 amide bonds. The van der Waals surface area contributed by atoms with E-state index in [1.165, 1.54) is 0 Å². The zero-order chi connectivity index (χ0) is 15.9. The summed E-state index contributed by atoms with van der Waals surface area (Å²) >= 11 is 3.29. The molecule has 114 valence electrons. The largest absolute Gasteiger partial charge is 0.505 e. The maximum Gasteiger partial charge on any atom is 0.289 e. The van der Waals surface area contributed by atoms with Gasteiger partial charge in [-0.25, -0.2) is 9.97 Å². The van der Waals surface area contributed by atoms with E-state index >= 15 is 0 Å². The monoisotopic (exact) mass is 364 g/mol. The molecule has 8 heteroatoms. The van der Waals surface area contributed by atoms with Gasteiger partial charge in [-0.15, -0.1) is 0 Å². The second kappa shape index (κ2) is 7.51. The van der Waals surface area contributed by atoms with Gasteiger partial charge in [-0.1, -0.05) is 15.9 Å². The third-order valence-corrected chi connectivity index (χ3v) is 3.17. The van der Waals surface area contributed by atoms with E-state index in [1.54, 1.807) is 24.3 Å². The average molecular weight is 365 g/mol. The number of hydrogen-bond donors (Lipinski definition) is 3. The fourth-order valence-corrected chi connectivity index (χ4v) is 1.84. The molecule has 7 nitrogen and oxygen atoms in total. The summed E-state index contributed by atoms with van der Waals surface area (Å²) in [6.07, 6.45) is 2.27. The minimum absolute atomic E-state index is 0.0444. The molecular formula is C14H13BrN4O3. The minimum Gasteiger partial charge on any atom is -0.505 e. The van der Waals surface area contributed by atoms with Crippen LogP contribution in [0.4, 0.5) is 0 Å². The highest BCUT2D eigenvalue weighted by Gasteiger charge is 2.09. The topological polar surface area (TPSA) is 104 Å². The van der Waals surface area contributed by atoms with Gasteiger partial charge < -0.3 is 15.7 Å². The number of nitrogens with zero attached hydrogens (tertiary/aromatic N) is 2. The summed E-state index contributed by atoms with van der Waals surface area (Å²) in [6.45, 7) is 0.518. The molecule has 0 unspecified atom stereocenters. The van der Waals surface area contributed by atoms with Crippen molar-refractivity contribution in [2.75, 3.05) is 13.1 Å². The first kappa shape index (κ1) is 15.9. The van der Waals surface area contributed by atoms with E-state index in [0.717, 1.165) is 16.9 Å². The normalized spacial score (nSPS) is 10.0. The molecule has 3 N–H and O–H groups in total. The third-order valence-electron chi connectivity index (χ3n) is 2.64. The zero-order valence-corrected chi connectivity index (χ0v) is 13.0. The SMILES string of the molecule is O=C(NCCNC(=O)c1ncc(O)cn1)c1ccc(Br)cc1. The van der Waals surface area contributed by atoms with Gasteiger partial charge in [-0.2, -0.15) is 0 Å². The molecule has 0 fully saturated rings. The Labute approximate surface area is 134 Å². The van der Waals surface area contributed by atoms with Gasteiger partial charge in [0.2, 0.25) is 5.82 Å². The molecule has 0 radical (unpaired) electrons. The van der Waals surface area contributed by atoms with Crippen molar-refractivity contribution < 1.29 is 14.7 Å². The molecular weight excluding hydrogens is 352 g/mol. The molecule has 1 heterocycles. The Kier molecular flexibility index (Phi) is 5.42. The highest BCUT2D eigenvalue weighted by molar-refractivity contribution is 9.10. The number of carbonyl (C=O) groups excluding carboxylic acids is 2. The van der Waals surface area contributed by atoms with Gasteiger partial charge in [-0.05, 0) is 24.3 Å². The summed E-state index contributed by atoms with van der Waals surface area (Å²) in [5.41, 5.74) is 0.538. The fourth-order valence-electron chi connectivity index (χ4n) is 1.57. The van der Waals surface area contributed by atoms with Crippen molar-refractivity contribution in [1.29, 1.82) is 0 Å². The molecule has 0 saturated carbocycles. The second-order valence-electron chi connectivity index (χ2n) is 4.28. The first-order valence-corrected chi connectivity index (χ1v) is 7.18. The van der Waals surface area contributed by atoms with Crippen LogP contribution in [0.5, 0.6) is 5.75 Å². The van der Waals surface area contributed by atoms with E-state index in [1.807, 2.05) is 0 Å². The molecule has 0 saturated heterocycles. The Morgan fingerprint density at radius 2 is 1.55 bits per heavy atom. The smallest absolute Gasteiger partial charge is 0.289 e. The van der Waals surface area contributed by atoms with Crippen LogP contribution in [0, 0.1) is 0 Å². The minimum atomic E-state index is -0.474. The Morgan fingerprint density at radius 1 is 1.00 bits per heavy atom. The van der Waals surface area contributed by atoms with E-state index < -0.39 is 5.91 Å². The van der Waals surface area contributed by atoms with Gasteiger partial charge in [0.15, 0.2) is 5.75 Å². The van der Waals surface area contributed by atoms with Crippen LogP contribution >= 0.6 is 15.9 Å². The van der Waals surface area contributed by atoms with Crippen LogP contribution in [0.25, 0.3) is 0 Å². The van der Waals surface area contributed by atoms with Crippen molar-refractivity contribution in [2.45, 2.75) is 0 Å². The molecule has 0 bridgehead atoms. The molecule has 1 aromatic carbocycles. The molecule has 22 heavy (non-hydrogen) atoms. The van der Waals surface area contributed by atoms with E-state index in [9.17, 15) is 9.59 Å². The average Bonchev–Trinajstić information content (AvgIpc) is 2.52. The number of rotatable bonds is 5. The van der Waals surface area contributed by atoms with Crippen molar-refractivity contribution in [1.82, 2.24) is 20.6 Å². The Balaban J connectivity index is 1.74. The van der Waals surface area contributed by atoms with Crippen molar-refractivity contribution in [2.24, 2.45) is 0 Å². The molecule has 0 atom stereocenters. The molecule has 2 aromatic rings. The van der Waals surface area contributed by atoms with Crippen molar-refractivity contribution in [3.63, 3.8) is 0 Å². The summed E-state index contributed by atoms with van der Waals surface area (Å²) in [4.78, 5) is 30.9. The van der Waals surface area contributed by atoms with Crippen LogP contribution in [0.2, 0.25) is 0 Å². The predicted octanol–water partition coefficient (Wildman–Crippen LogP) is 1.10. The van der Waals surface area contributed by atoms with Crippen LogP contribution in [0.15, 0.2) is 41.1 Å². The predicted molar refractivity (Wildman–Crippen MR) is 82.5 cm³/mol. The van der Waals surface area contributed by atoms with Gasteiger partial charge >= 0.3 is 0 Å². The lowest BCUT2D eigenvalue weighted by Gasteiger charge is -2.06. The number of benzene rings is 1. The third kappa shape index (κ3) is 4.52. The maximum atomic E-state index is 11.8. The standard InChI is InChI=1S/C14H13BrN4O3/c15-10-3-1-9(2-4-10)13(21)16-5-6-17-14(22)12-18-7-11(20)8-19-12/h1-4,7-8,20H,5-6H2,(H,16,21)(H,17,22). The van der Waals surface area contributed by atoms with E-state index in [2.05, 4.69) is 36.5 Å². The summed E-state index contributed by atoms with van der Waals surface area (Å²) in [7, 11) is 0. The summed E-state index contributed by atoms with van der Waals surface area (Å²) in [5, 5.41) is 14.3. The quantitative estimate of drug-likeness (QED) is 0.689. The summed E-state index contributed by atoms with van der Waals surface area (Å²) in [6, 6.07) is 6.95. The van der Waals surface area contributed by atoms with Crippen LogP contribution in [0.3, 0.4) is 0 Å². The number of carbonyl (C=O) groups is 2. The highest BCUT2D eigenvalue weighted by atomic mass is 79.9. The molecule has 0 aliphatic rings.